The smallest absolute Gasteiger partial charge is 0.0433 e. The van der Waals surface area contributed by atoms with Crippen molar-refractivity contribution in [1.82, 2.24) is 4.90 Å². The molecule has 2 heteroatoms. The van der Waals surface area contributed by atoms with E-state index in [4.69, 9.17) is 0 Å². The van der Waals surface area contributed by atoms with Gasteiger partial charge in [-0.1, -0.05) is 19.9 Å². The van der Waals surface area contributed by atoms with E-state index in [1.165, 1.54) is 38.0 Å². The zero-order valence-corrected chi connectivity index (χ0v) is 13.0. The van der Waals surface area contributed by atoms with Gasteiger partial charge in [-0.2, -0.15) is 0 Å². The Morgan fingerprint density at radius 1 is 1.10 bits per heavy atom. The van der Waals surface area contributed by atoms with Crippen molar-refractivity contribution in [3.63, 3.8) is 0 Å². The third-order valence-corrected chi connectivity index (χ3v) is 5.56. The van der Waals surface area contributed by atoms with Gasteiger partial charge in [-0.15, -0.1) is 0 Å². The van der Waals surface area contributed by atoms with E-state index in [1.54, 1.807) is 11.1 Å². The molecule has 3 fully saturated rings. The van der Waals surface area contributed by atoms with Crippen LogP contribution in [0.4, 0.5) is 5.69 Å². The number of fused-ring (bicyclic) bond motifs is 2. The molecule has 108 valence electrons. The highest BCUT2D eigenvalue weighted by atomic mass is 15.3. The molecule has 0 radical (unpaired) electrons. The molecular weight excluding hydrogens is 244 g/mol. The maximum Gasteiger partial charge on any atom is 0.0433 e. The minimum Gasteiger partial charge on any atom is -0.366 e. The Morgan fingerprint density at radius 2 is 1.90 bits per heavy atom. The molecule has 0 amide bonds. The van der Waals surface area contributed by atoms with Crippen LogP contribution >= 0.6 is 0 Å². The highest BCUT2D eigenvalue weighted by Crippen LogP contribution is 2.45. The second-order valence-corrected chi connectivity index (χ2v) is 7.38. The van der Waals surface area contributed by atoms with Crippen molar-refractivity contribution in [2.75, 3.05) is 25.0 Å². The van der Waals surface area contributed by atoms with Crippen molar-refractivity contribution in [2.45, 2.75) is 57.0 Å². The molecule has 2 heterocycles. The van der Waals surface area contributed by atoms with E-state index in [0.29, 0.717) is 5.92 Å². The van der Waals surface area contributed by atoms with Crippen molar-refractivity contribution in [1.29, 1.82) is 0 Å². The normalized spacial score (nSPS) is 29.7. The largest absolute Gasteiger partial charge is 0.366 e. The Kier molecular flexibility index (Phi) is 2.85. The Labute approximate surface area is 122 Å². The number of hydrogen-bond donors (Lipinski definition) is 0. The van der Waals surface area contributed by atoms with Crippen LogP contribution in [0.3, 0.4) is 0 Å². The second kappa shape index (κ2) is 4.49. The van der Waals surface area contributed by atoms with Crippen molar-refractivity contribution in [2.24, 2.45) is 0 Å². The van der Waals surface area contributed by atoms with E-state index in [-0.39, 0.29) is 0 Å². The number of hydrogen-bond acceptors (Lipinski definition) is 2. The maximum absolute atomic E-state index is 2.67. The summed E-state index contributed by atoms with van der Waals surface area (Å²) in [7, 11) is 2.28. The van der Waals surface area contributed by atoms with Crippen molar-refractivity contribution < 1.29 is 0 Å². The fourth-order valence-electron chi connectivity index (χ4n) is 4.20. The van der Waals surface area contributed by atoms with Gasteiger partial charge in [0.15, 0.2) is 0 Å². The lowest BCUT2D eigenvalue weighted by Crippen LogP contribution is -2.44. The summed E-state index contributed by atoms with van der Waals surface area (Å²) in [5, 5.41) is 0. The van der Waals surface area contributed by atoms with Crippen molar-refractivity contribution >= 4 is 5.69 Å². The molecule has 2 aliphatic heterocycles. The van der Waals surface area contributed by atoms with Crippen LogP contribution in [0.5, 0.6) is 0 Å². The number of piperazine rings is 1. The molecule has 0 aromatic heterocycles. The third kappa shape index (κ3) is 1.96. The molecule has 4 rings (SSSR count). The Balaban J connectivity index is 1.65. The van der Waals surface area contributed by atoms with Gasteiger partial charge in [0.25, 0.3) is 0 Å². The first-order chi connectivity index (χ1) is 9.63. The van der Waals surface area contributed by atoms with Gasteiger partial charge in [0.2, 0.25) is 0 Å². The molecule has 0 N–H and O–H groups in total. The molecule has 1 aromatic rings. The molecule has 2 nitrogen and oxygen atoms in total. The topological polar surface area (TPSA) is 6.48 Å². The predicted molar refractivity (Wildman–Crippen MR) is 84.7 cm³/mol. The summed E-state index contributed by atoms with van der Waals surface area (Å²) in [6.07, 6.45) is 4.16. The molecule has 1 aliphatic carbocycles. The SMILES string of the molecule is CC(C)c1ccc(N2C[C@H]3C[C@@H]2CN3C)cc1C1CC1. The van der Waals surface area contributed by atoms with E-state index in [1.807, 2.05) is 0 Å². The lowest BCUT2D eigenvalue weighted by Gasteiger charge is -2.34. The van der Waals surface area contributed by atoms with Gasteiger partial charge < -0.3 is 4.90 Å². The molecule has 2 atom stereocenters. The van der Waals surface area contributed by atoms with E-state index < -0.39 is 0 Å². The Hall–Kier alpha value is -1.02. The first-order valence-electron chi connectivity index (χ1n) is 8.24. The average Bonchev–Trinajstić information content (AvgIpc) is 3.11. The Morgan fingerprint density at radius 3 is 2.45 bits per heavy atom. The van der Waals surface area contributed by atoms with Crippen molar-refractivity contribution in [3.8, 4) is 0 Å². The Bertz CT molecular complexity index is 516. The molecule has 0 unspecified atom stereocenters. The molecule has 0 spiro atoms. The van der Waals surface area contributed by atoms with E-state index in [0.717, 1.165) is 18.0 Å². The number of nitrogens with zero attached hydrogens (tertiary/aromatic N) is 2. The molecule has 3 aliphatic rings. The van der Waals surface area contributed by atoms with Crippen LogP contribution in [-0.2, 0) is 0 Å². The van der Waals surface area contributed by atoms with Crippen LogP contribution in [0, 0.1) is 0 Å². The monoisotopic (exact) mass is 270 g/mol. The lowest BCUT2D eigenvalue weighted by molar-refractivity contribution is 0.292. The predicted octanol–water partition coefficient (Wildman–Crippen LogP) is 3.58. The number of likely N-dealkylation sites (N-methyl/N-ethyl adjacent to an activating group) is 1. The third-order valence-electron chi connectivity index (χ3n) is 5.56. The van der Waals surface area contributed by atoms with Crippen molar-refractivity contribution in [3.05, 3.63) is 29.3 Å². The van der Waals surface area contributed by atoms with Crippen LogP contribution in [0.1, 0.15) is 56.1 Å². The number of benzene rings is 1. The van der Waals surface area contributed by atoms with Crippen LogP contribution in [0.25, 0.3) is 0 Å². The second-order valence-electron chi connectivity index (χ2n) is 7.38. The minimum atomic E-state index is 0.654. The fourth-order valence-corrected chi connectivity index (χ4v) is 4.20. The van der Waals surface area contributed by atoms with Gasteiger partial charge in [-0.3, -0.25) is 4.90 Å². The van der Waals surface area contributed by atoms with Crippen LogP contribution in [-0.4, -0.2) is 37.1 Å². The van der Waals surface area contributed by atoms with Gasteiger partial charge in [0.1, 0.15) is 0 Å². The standard InChI is InChI=1S/C18H26N2/c1-12(2)17-7-6-14(9-18(17)13-4-5-13)20-11-15-8-16(20)10-19(15)3/h6-7,9,12-13,15-16H,4-5,8,10-11H2,1-3H3/t15-,16-/m1/s1. The van der Waals surface area contributed by atoms with E-state index >= 15 is 0 Å². The lowest BCUT2D eigenvalue weighted by atomic mass is 9.93. The quantitative estimate of drug-likeness (QED) is 0.828. The highest BCUT2D eigenvalue weighted by molar-refractivity contribution is 5.55. The number of likely N-dealkylation sites (tertiary alicyclic amines) is 1. The molecular formula is C18H26N2. The summed E-state index contributed by atoms with van der Waals surface area (Å²) in [6.45, 7) is 7.13. The highest BCUT2D eigenvalue weighted by Gasteiger charge is 2.41. The maximum atomic E-state index is 2.67. The van der Waals surface area contributed by atoms with E-state index in [2.05, 4.69) is 48.9 Å². The van der Waals surface area contributed by atoms with Crippen LogP contribution in [0.2, 0.25) is 0 Å². The molecule has 1 aromatic carbocycles. The van der Waals surface area contributed by atoms with Gasteiger partial charge in [-0.05, 0) is 61.4 Å². The zero-order chi connectivity index (χ0) is 13.9. The van der Waals surface area contributed by atoms with Gasteiger partial charge in [0.05, 0.1) is 0 Å². The summed E-state index contributed by atoms with van der Waals surface area (Å²) >= 11 is 0. The zero-order valence-electron chi connectivity index (χ0n) is 13.0. The first-order valence-corrected chi connectivity index (χ1v) is 8.24. The van der Waals surface area contributed by atoms with E-state index in [9.17, 15) is 0 Å². The van der Waals surface area contributed by atoms with Gasteiger partial charge >= 0.3 is 0 Å². The average molecular weight is 270 g/mol. The number of rotatable bonds is 3. The summed E-state index contributed by atoms with van der Waals surface area (Å²) in [5.74, 6) is 1.51. The number of anilines is 1. The van der Waals surface area contributed by atoms with Gasteiger partial charge in [-0.25, -0.2) is 0 Å². The molecule has 2 bridgehead atoms. The molecule has 2 saturated heterocycles. The molecule has 1 saturated carbocycles. The van der Waals surface area contributed by atoms with Crippen LogP contribution in [0.15, 0.2) is 18.2 Å². The summed E-state index contributed by atoms with van der Waals surface area (Å²) < 4.78 is 0. The fraction of sp³-hybridized carbons (Fsp3) is 0.667. The minimum absolute atomic E-state index is 0.654. The van der Waals surface area contributed by atoms with Crippen LogP contribution < -0.4 is 4.90 Å². The summed E-state index contributed by atoms with van der Waals surface area (Å²) in [6, 6.07) is 8.84. The molecule has 20 heavy (non-hydrogen) atoms. The summed E-state index contributed by atoms with van der Waals surface area (Å²) in [4.78, 5) is 5.20. The first kappa shape index (κ1) is 12.7. The van der Waals surface area contributed by atoms with Gasteiger partial charge in [0, 0.05) is 30.9 Å². The summed E-state index contributed by atoms with van der Waals surface area (Å²) in [5.41, 5.74) is 4.71.